The fourth-order valence-corrected chi connectivity index (χ4v) is 4.01. The highest BCUT2D eigenvalue weighted by Gasteiger charge is 2.34. The van der Waals surface area contributed by atoms with Gasteiger partial charge >= 0.3 is 0 Å². The van der Waals surface area contributed by atoms with Gasteiger partial charge in [-0.3, -0.25) is 0 Å². The molecule has 2 fully saturated rings. The van der Waals surface area contributed by atoms with Gasteiger partial charge in [0.25, 0.3) is 0 Å². The summed E-state index contributed by atoms with van der Waals surface area (Å²) in [4.78, 5) is 4.61. The van der Waals surface area contributed by atoms with E-state index in [1.807, 2.05) is 0 Å². The van der Waals surface area contributed by atoms with Gasteiger partial charge in [0.05, 0.1) is 0 Å². The maximum atomic E-state index is 5.49. The number of aryl methyl sites for hydroxylation is 1. The molecule has 4 nitrogen and oxygen atoms in total. The molecule has 0 aliphatic carbocycles. The van der Waals surface area contributed by atoms with E-state index >= 15 is 0 Å². The molecule has 2 unspecified atom stereocenters. The Morgan fingerprint density at radius 2 is 1.95 bits per heavy atom. The lowest BCUT2D eigenvalue weighted by atomic mass is 9.90. The highest BCUT2D eigenvalue weighted by molar-refractivity contribution is 5.27. The lowest BCUT2D eigenvalue weighted by molar-refractivity contribution is 0.270. The molecule has 2 aromatic rings. The zero-order valence-electron chi connectivity index (χ0n) is 13.1. The highest BCUT2D eigenvalue weighted by Crippen LogP contribution is 2.32. The standard InChI is InChI=1S/C18H23N3O/c1-12-4-2-3-5-14(12)11-17-20-18(22-21-17)10-13-8-15-6-7-16(9-13)19-15/h2-5,13,15-16,19H,6-11H2,1H3. The van der Waals surface area contributed by atoms with Crippen molar-refractivity contribution in [2.75, 3.05) is 0 Å². The van der Waals surface area contributed by atoms with E-state index in [2.05, 4.69) is 46.6 Å². The van der Waals surface area contributed by atoms with Crippen molar-refractivity contribution in [2.24, 2.45) is 5.92 Å². The van der Waals surface area contributed by atoms with Crippen molar-refractivity contribution in [3.63, 3.8) is 0 Å². The Morgan fingerprint density at radius 3 is 2.73 bits per heavy atom. The number of aromatic nitrogens is 2. The fraction of sp³-hybridized carbons (Fsp3) is 0.556. The summed E-state index contributed by atoms with van der Waals surface area (Å²) in [5.74, 6) is 2.32. The van der Waals surface area contributed by atoms with Crippen LogP contribution in [0.5, 0.6) is 0 Å². The minimum absolute atomic E-state index is 0.700. The van der Waals surface area contributed by atoms with Crippen LogP contribution in [0.4, 0.5) is 0 Å². The first kappa shape index (κ1) is 13.9. The van der Waals surface area contributed by atoms with Crippen LogP contribution in [-0.4, -0.2) is 22.2 Å². The van der Waals surface area contributed by atoms with E-state index < -0.39 is 0 Å². The molecule has 116 valence electrons. The van der Waals surface area contributed by atoms with Gasteiger partial charge in [-0.25, -0.2) is 0 Å². The number of hydrogen-bond acceptors (Lipinski definition) is 4. The quantitative estimate of drug-likeness (QED) is 0.942. The minimum Gasteiger partial charge on any atom is -0.339 e. The third-order valence-electron chi connectivity index (χ3n) is 5.15. The predicted octanol–water partition coefficient (Wildman–Crippen LogP) is 3.04. The Hall–Kier alpha value is -1.68. The highest BCUT2D eigenvalue weighted by atomic mass is 16.5. The average Bonchev–Trinajstić information content (AvgIpc) is 3.08. The van der Waals surface area contributed by atoms with Gasteiger partial charge in [0.15, 0.2) is 5.82 Å². The van der Waals surface area contributed by atoms with Crippen molar-refractivity contribution in [1.29, 1.82) is 0 Å². The summed E-state index contributed by atoms with van der Waals surface area (Å²) in [5, 5.41) is 7.85. The number of nitrogens with zero attached hydrogens (tertiary/aromatic N) is 2. The topological polar surface area (TPSA) is 51.0 Å². The summed E-state index contributed by atoms with van der Waals surface area (Å²) in [7, 11) is 0. The summed E-state index contributed by atoms with van der Waals surface area (Å²) >= 11 is 0. The van der Waals surface area contributed by atoms with Gasteiger partial charge in [-0.1, -0.05) is 29.4 Å². The molecule has 2 saturated heterocycles. The first-order valence-electron chi connectivity index (χ1n) is 8.38. The van der Waals surface area contributed by atoms with Crippen molar-refractivity contribution >= 4 is 0 Å². The van der Waals surface area contributed by atoms with Crippen molar-refractivity contribution in [3.05, 3.63) is 47.1 Å². The number of fused-ring (bicyclic) bond motifs is 2. The Labute approximate surface area is 131 Å². The fourth-order valence-electron chi connectivity index (χ4n) is 4.01. The van der Waals surface area contributed by atoms with Crippen LogP contribution in [0.15, 0.2) is 28.8 Å². The Bertz CT molecular complexity index is 639. The van der Waals surface area contributed by atoms with Crippen LogP contribution in [0.2, 0.25) is 0 Å². The molecule has 4 rings (SSSR count). The Morgan fingerprint density at radius 1 is 1.18 bits per heavy atom. The van der Waals surface area contributed by atoms with Crippen molar-refractivity contribution in [2.45, 2.75) is 57.5 Å². The molecule has 3 heterocycles. The van der Waals surface area contributed by atoms with Crippen LogP contribution in [0, 0.1) is 12.8 Å². The first-order valence-corrected chi connectivity index (χ1v) is 8.38. The molecular weight excluding hydrogens is 274 g/mol. The van der Waals surface area contributed by atoms with Gasteiger partial charge in [-0.2, -0.15) is 4.98 Å². The smallest absolute Gasteiger partial charge is 0.226 e. The number of hydrogen-bond donors (Lipinski definition) is 1. The summed E-state index contributed by atoms with van der Waals surface area (Å²) < 4.78 is 5.49. The van der Waals surface area contributed by atoms with E-state index in [-0.39, 0.29) is 0 Å². The molecule has 2 atom stereocenters. The molecule has 0 radical (unpaired) electrons. The Balaban J connectivity index is 1.40. The molecule has 1 aromatic heterocycles. The van der Waals surface area contributed by atoms with Crippen molar-refractivity contribution in [3.8, 4) is 0 Å². The molecule has 2 aliphatic rings. The van der Waals surface area contributed by atoms with E-state index in [0.29, 0.717) is 5.92 Å². The van der Waals surface area contributed by atoms with Gasteiger partial charge < -0.3 is 9.84 Å². The average molecular weight is 297 g/mol. The summed E-state index contributed by atoms with van der Waals surface area (Å²) in [5.41, 5.74) is 2.55. The lowest BCUT2D eigenvalue weighted by Crippen LogP contribution is -2.38. The van der Waals surface area contributed by atoms with Crippen LogP contribution in [-0.2, 0) is 12.8 Å². The maximum absolute atomic E-state index is 5.49. The first-order chi connectivity index (χ1) is 10.8. The van der Waals surface area contributed by atoms with Gasteiger partial charge in [0.2, 0.25) is 5.89 Å². The van der Waals surface area contributed by atoms with E-state index in [4.69, 9.17) is 4.52 Å². The number of piperidine rings is 1. The van der Waals surface area contributed by atoms with E-state index in [1.54, 1.807) is 0 Å². The second-order valence-electron chi connectivity index (χ2n) is 6.89. The number of nitrogens with one attached hydrogen (secondary N) is 1. The zero-order valence-corrected chi connectivity index (χ0v) is 13.1. The minimum atomic E-state index is 0.700. The molecule has 0 spiro atoms. The van der Waals surface area contributed by atoms with E-state index in [0.717, 1.165) is 36.6 Å². The number of benzene rings is 1. The largest absolute Gasteiger partial charge is 0.339 e. The molecular formula is C18H23N3O. The van der Waals surface area contributed by atoms with Gasteiger partial charge in [-0.15, -0.1) is 0 Å². The third-order valence-corrected chi connectivity index (χ3v) is 5.15. The second kappa shape index (κ2) is 5.84. The van der Waals surface area contributed by atoms with Crippen LogP contribution < -0.4 is 5.32 Å². The summed E-state index contributed by atoms with van der Waals surface area (Å²) in [6.07, 6.45) is 6.88. The van der Waals surface area contributed by atoms with Crippen LogP contribution in [0.3, 0.4) is 0 Å². The van der Waals surface area contributed by atoms with E-state index in [1.165, 1.54) is 36.8 Å². The van der Waals surface area contributed by atoms with Crippen LogP contribution in [0.25, 0.3) is 0 Å². The summed E-state index contributed by atoms with van der Waals surface area (Å²) in [6, 6.07) is 9.83. The van der Waals surface area contributed by atoms with Crippen molar-refractivity contribution in [1.82, 2.24) is 15.5 Å². The number of rotatable bonds is 4. The zero-order chi connectivity index (χ0) is 14.9. The van der Waals surface area contributed by atoms with Gasteiger partial charge in [0.1, 0.15) is 0 Å². The molecule has 2 aliphatic heterocycles. The van der Waals surface area contributed by atoms with Crippen LogP contribution >= 0.6 is 0 Å². The van der Waals surface area contributed by atoms with Gasteiger partial charge in [-0.05, 0) is 49.7 Å². The van der Waals surface area contributed by atoms with Gasteiger partial charge in [0, 0.05) is 24.9 Å². The molecule has 4 heteroatoms. The SMILES string of the molecule is Cc1ccccc1Cc1noc(CC2CC3CCC(C2)N3)n1. The molecule has 22 heavy (non-hydrogen) atoms. The lowest BCUT2D eigenvalue weighted by Gasteiger charge is -2.28. The monoisotopic (exact) mass is 297 g/mol. The molecule has 0 saturated carbocycles. The third kappa shape index (κ3) is 2.93. The maximum Gasteiger partial charge on any atom is 0.226 e. The molecule has 0 amide bonds. The molecule has 1 N–H and O–H groups in total. The Kier molecular flexibility index (Phi) is 3.70. The second-order valence-corrected chi connectivity index (χ2v) is 6.89. The van der Waals surface area contributed by atoms with E-state index in [9.17, 15) is 0 Å². The predicted molar refractivity (Wildman–Crippen MR) is 84.7 cm³/mol. The summed E-state index contributed by atoms with van der Waals surface area (Å²) in [6.45, 7) is 2.13. The molecule has 1 aromatic carbocycles. The van der Waals surface area contributed by atoms with Crippen molar-refractivity contribution < 1.29 is 4.52 Å². The molecule has 2 bridgehead atoms. The normalized spacial score (nSPS) is 27.2. The van der Waals surface area contributed by atoms with Crippen LogP contribution in [0.1, 0.15) is 48.5 Å².